The number of nitrogens with zero attached hydrogens (tertiary/aromatic N) is 1. The maximum atomic E-state index is 13.9. The van der Waals surface area contributed by atoms with Crippen molar-refractivity contribution < 1.29 is 28.9 Å². The van der Waals surface area contributed by atoms with Crippen molar-refractivity contribution >= 4 is 23.1 Å². The van der Waals surface area contributed by atoms with Crippen molar-refractivity contribution in [2.24, 2.45) is 0 Å². The summed E-state index contributed by atoms with van der Waals surface area (Å²) in [5, 5.41) is 20.8. The van der Waals surface area contributed by atoms with E-state index in [0.29, 0.717) is 11.3 Å². The van der Waals surface area contributed by atoms with Crippen molar-refractivity contribution in [2.45, 2.75) is 6.04 Å². The van der Waals surface area contributed by atoms with E-state index in [1.165, 1.54) is 49.6 Å². The SMILES string of the molecule is COc1ccccc1/C(O)=C1\C(=O)C(=O)N(c2cccc(F)c2)C1c1ccc(O)cc1. The molecular formula is C24H18FNO5. The molecule has 31 heavy (non-hydrogen) atoms. The molecule has 156 valence electrons. The third kappa shape index (κ3) is 3.50. The van der Waals surface area contributed by atoms with Gasteiger partial charge in [-0.25, -0.2) is 4.39 Å². The molecule has 1 saturated heterocycles. The lowest BCUT2D eigenvalue weighted by atomic mass is 9.94. The molecule has 0 aliphatic carbocycles. The largest absolute Gasteiger partial charge is 0.508 e. The van der Waals surface area contributed by atoms with Crippen LogP contribution in [0.1, 0.15) is 17.2 Å². The molecule has 0 bridgehead atoms. The lowest BCUT2D eigenvalue weighted by molar-refractivity contribution is -0.132. The number of para-hydroxylation sites is 1. The number of anilines is 1. The highest BCUT2D eigenvalue weighted by Gasteiger charge is 2.47. The lowest BCUT2D eigenvalue weighted by Crippen LogP contribution is -2.29. The number of amides is 1. The van der Waals surface area contributed by atoms with Crippen molar-refractivity contribution in [3.05, 3.63) is 95.3 Å². The van der Waals surface area contributed by atoms with E-state index in [0.717, 1.165) is 11.0 Å². The molecule has 0 saturated carbocycles. The fraction of sp³-hybridized carbons (Fsp3) is 0.0833. The highest BCUT2D eigenvalue weighted by atomic mass is 19.1. The first-order chi connectivity index (χ1) is 14.9. The first kappa shape index (κ1) is 20.2. The molecule has 4 rings (SSSR count). The average Bonchev–Trinajstić information content (AvgIpc) is 3.04. The number of phenolic OH excluding ortho intramolecular Hbond substituents is 1. The Balaban J connectivity index is 1.98. The van der Waals surface area contributed by atoms with Crippen LogP contribution in [0.3, 0.4) is 0 Å². The number of phenols is 1. The summed E-state index contributed by atoms with van der Waals surface area (Å²) < 4.78 is 19.2. The minimum absolute atomic E-state index is 0.00353. The number of methoxy groups -OCH3 is 1. The quantitative estimate of drug-likeness (QED) is 0.377. The number of aromatic hydroxyl groups is 1. The third-order valence-electron chi connectivity index (χ3n) is 5.10. The predicted molar refractivity (Wildman–Crippen MR) is 112 cm³/mol. The van der Waals surface area contributed by atoms with Gasteiger partial charge in [-0.05, 0) is 48.0 Å². The Kier molecular flexibility index (Phi) is 5.17. The number of aliphatic hydroxyl groups is 1. The summed E-state index contributed by atoms with van der Waals surface area (Å²) in [5.74, 6) is -2.48. The summed E-state index contributed by atoms with van der Waals surface area (Å²) in [4.78, 5) is 27.2. The molecule has 3 aromatic rings. The molecule has 1 unspecified atom stereocenters. The van der Waals surface area contributed by atoms with Gasteiger partial charge in [0.2, 0.25) is 0 Å². The van der Waals surface area contributed by atoms with Crippen LogP contribution in [0.2, 0.25) is 0 Å². The van der Waals surface area contributed by atoms with Crippen LogP contribution in [-0.4, -0.2) is 29.0 Å². The molecule has 1 aliphatic rings. The van der Waals surface area contributed by atoms with Gasteiger partial charge < -0.3 is 14.9 Å². The molecule has 0 aromatic heterocycles. The monoisotopic (exact) mass is 419 g/mol. The van der Waals surface area contributed by atoms with Crippen LogP contribution in [0.25, 0.3) is 5.76 Å². The van der Waals surface area contributed by atoms with E-state index in [9.17, 15) is 24.2 Å². The van der Waals surface area contributed by atoms with Gasteiger partial charge in [-0.1, -0.05) is 30.3 Å². The van der Waals surface area contributed by atoms with Crippen molar-refractivity contribution in [1.82, 2.24) is 0 Å². The summed E-state index contributed by atoms with van der Waals surface area (Å²) in [7, 11) is 1.43. The van der Waals surface area contributed by atoms with E-state index in [2.05, 4.69) is 0 Å². The summed E-state index contributed by atoms with van der Waals surface area (Å²) >= 11 is 0. The second-order valence-electron chi connectivity index (χ2n) is 6.94. The summed E-state index contributed by atoms with van der Waals surface area (Å²) in [5.41, 5.74) is 0.701. The lowest BCUT2D eigenvalue weighted by Gasteiger charge is -2.25. The predicted octanol–water partition coefficient (Wildman–Crippen LogP) is 4.17. The summed E-state index contributed by atoms with van der Waals surface area (Å²) in [6.45, 7) is 0. The molecular weight excluding hydrogens is 401 g/mol. The van der Waals surface area contributed by atoms with Crippen LogP contribution in [-0.2, 0) is 9.59 Å². The van der Waals surface area contributed by atoms with Gasteiger partial charge in [0.15, 0.2) is 0 Å². The van der Waals surface area contributed by atoms with Gasteiger partial charge >= 0.3 is 0 Å². The number of hydrogen-bond acceptors (Lipinski definition) is 5. The second-order valence-corrected chi connectivity index (χ2v) is 6.94. The van der Waals surface area contributed by atoms with Crippen molar-refractivity contribution in [2.75, 3.05) is 12.0 Å². The fourth-order valence-corrected chi connectivity index (χ4v) is 3.68. The number of rotatable bonds is 4. The molecule has 3 aromatic carbocycles. The van der Waals surface area contributed by atoms with E-state index < -0.39 is 29.3 Å². The first-order valence-corrected chi connectivity index (χ1v) is 9.41. The minimum Gasteiger partial charge on any atom is -0.508 e. The van der Waals surface area contributed by atoms with Crippen LogP contribution in [0, 0.1) is 5.82 Å². The number of benzene rings is 3. The highest BCUT2D eigenvalue weighted by molar-refractivity contribution is 6.51. The van der Waals surface area contributed by atoms with Crippen LogP contribution in [0.15, 0.2) is 78.4 Å². The zero-order valence-electron chi connectivity index (χ0n) is 16.4. The average molecular weight is 419 g/mol. The number of ether oxygens (including phenoxy) is 1. The van der Waals surface area contributed by atoms with Crippen molar-refractivity contribution in [3.8, 4) is 11.5 Å². The number of carbonyl (C=O) groups excluding carboxylic acids is 2. The van der Waals surface area contributed by atoms with Gasteiger partial charge in [-0.2, -0.15) is 0 Å². The maximum Gasteiger partial charge on any atom is 0.300 e. The molecule has 6 nitrogen and oxygen atoms in total. The van der Waals surface area contributed by atoms with Gasteiger partial charge in [0.25, 0.3) is 11.7 Å². The Morgan fingerprint density at radius 2 is 1.71 bits per heavy atom. The van der Waals surface area contributed by atoms with Gasteiger partial charge in [-0.15, -0.1) is 0 Å². The van der Waals surface area contributed by atoms with Crippen LogP contribution in [0.5, 0.6) is 11.5 Å². The number of hydrogen-bond donors (Lipinski definition) is 2. The number of ketones is 1. The topological polar surface area (TPSA) is 87.1 Å². The zero-order valence-corrected chi connectivity index (χ0v) is 16.4. The fourth-order valence-electron chi connectivity index (χ4n) is 3.68. The Morgan fingerprint density at radius 3 is 2.39 bits per heavy atom. The number of aliphatic hydroxyl groups excluding tert-OH is 1. The molecule has 0 radical (unpaired) electrons. The highest BCUT2D eigenvalue weighted by Crippen LogP contribution is 2.43. The van der Waals surface area contributed by atoms with Gasteiger partial charge in [-0.3, -0.25) is 14.5 Å². The van der Waals surface area contributed by atoms with Crippen LogP contribution < -0.4 is 9.64 Å². The molecule has 0 spiro atoms. The van der Waals surface area contributed by atoms with E-state index in [-0.39, 0.29) is 22.6 Å². The number of carbonyl (C=O) groups is 2. The molecule has 2 N–H and O–H groups in total. The summed E-state index contributed by atoms with van der Waals surface area (Å²) in [6, 6.07) is 16.7. The third-order valence-corrected chi connectivity index (χ3v) is 5.10. The Bertz CT molecular complexity index is 1200. The standard InChI is InChI=1S/C24H18FNO5/c1-31-19-8-3-2-7-18(19)22(28)20-21(14-9-11-17(27)12-10-14)26(24(30)23(20)29)16-6-4-5-15(25)13-16/h2-13,21,27-28H,1H3/b22-20+. The molecule has 1 fully saturated rings. The Hall–Kier alpha value is -4.13. The molecule has 1 heterocycles. The Labute approximate surface area is 177 Å². The molecule has 1 amide bonds. The first-order valence-electron chi connectivity index (χ1n) is 9.41. The maximum absolute atomic E-state index is 13.9. The van der Waals surface area contributed by atoms with E-state index in [1.807, 2.05) is 0 Å². The minimum atomic E-state index is -1.03. The molecule has 1 aliphatic heterocycles. The normalized spacial score (nSPS) is 17.7. The number of halogens is 1. The Morgan fingerprint density at radius 1 is 1.00 bits per heavy atom. The van der Waals surface area contributed by atoms with Crippen molar-refractivity contribution in [3.63, 3.8) is 0 Å². The molecule has 7 heteroatoms. The number of Topliss-reactive ketones (excluding diaryl/α,β-unsaturated/α-hetero) is 1. The smallest absolute Gasteiger partial charge is 0.300 e. The van der Waals surface area contributed by atoms with E-state index in [1.54, 1.807) is 24.3 Å². The zero-order chi connectivity index (χ0) is 22.1. The van der Waals surface area contributed by atoms with Crippen LogP contribution in [0.4, 0.5) is 10.1 Å². The van der Waals surface area contributed by atoms with Gasteiger partial charge in [0, 0.05) is 5.69 Å². The second kappa shape index (κ2) is 7.95. The van der Waals surface area contributed by atoms with E-state index >= 15 is 0 Å². The van der Waals surface area contributed by atoms with Gasteiger partial charge in [0.1, 0.15) is 23.1 Å². The van der Waals surface area contributed by atoms with E-state index in [4.69, 9.17) is 4.74 Å². The van der Waals surface area contributed by atoms with Crippen LogP contribution >= 0.6 is 0 Å². The van der Waals surface area contributed by atoms with Crippen molar-refractivity contribution in [1.29, 1.82) is 0 Å². The summed E-state index contributed by atoms with van der Waals surface area (Å²) in [6.07, 6.45) is 0. The van der Waals surface area contributed by atoms with Gasteiger partial charge in [0.05, 0.1) is 24.3 Å². The molecule has 1 atom stereocenters.